The van der Waals surface area contributed by atoms with Gasteiger partial charge in [-0.3, -0.25) is 9.59 Å². The van der Waals surface area contributed by atoms with Gasteiger partial charge in [-0.25, -0.2) is 4.79 Å². The average molecular weight is 201 g/mol. The van der Waals surface area contributed by atoms with Crippen molar-refractivity contribution in [2.45, 2.75) is 20.8 Å². The second-order valence-corrected chi connectivity index (χ2v) is 3.85. The molecule has 0 unspecified atom stereocenters. The summed E-state index contributed by atoms with van der Waals surface area (Å²) in [7, 11) is 1.12. The first-order chi connectivity index (χ1) is 6.29. The summed E-state index contributed by atoms with van der Waals surface area (Å²) < 4.78 is 4.19. The standard InChI is InChI=1S/C9H15NO4/c1-9(2,3)8(13)10-5-6(11)7(12)14-4/h5H2,1-4H3,(H,10,13). The zero-order valence-electron chi connectivity index (χ0n) is 8.84. The van der Waals surface area contributed by atoms with Gasteiger partial charge in [-0.05, 0) is 0 Å². The number of ether oxygens (including phenoxy) is 1. The van der Waals surface area contributed by atoms with Crippen LogP contribution < -0.4 is 5.32 Å². The molecule has 0 bridgehead atoms. The molecule has 1 amide bonds. The van der Waals surface area contributed by atoms with Crippen molar-refractivity contribution in [3.63, 3.8) is 0 Å². The van der Waals surface area contributed by atoms with Crippen molar-refractivity contribution in [2.24, 2.45) is 5.41 Å². The lowest BCUT2D eigenvalue weighted by Crippen LogP contribution is -2.39. The molecule has 0 aromatic rings. The van der Waals surface area contributed by atoms with Crippen molar-refractivity contribution in [3.05, 3.63) is 0 Å². The van der Waals surface area contributed by atoms with Gasteiger partial charge in [0.15, 0.2) is 0 Å². The number of esters is 1. The van der Waals surface area contributed by atoms with E-state index in [0.717, 1.165) is 7.11 Å². The molecule has 0 saturated heterocycles. The third-order valence-electron chi connectivity index (χ3n) is 1.50. The zero-order valence-corrected chi connectivity index (χ0v) is 8.84. The van der Waals surface area contributed by atoms with E-state index in [-0.39, 0.29) is 12.5 Å². The molecule has 1 N–H and O–H groups in total. The first kappa shape index (κ1) is 12.6. The molecule has 0 aliphatic rings. The Morgan fingerprint density at radius 2 is 1.71 bits per heavy atom. The fourth-order valence-corrected chi connectivity index (χ4v) is 0.612. The van der Waals surface area contributed by atoms with Crippen LogP contribution in [0, 0.1) is 5.41 Å². The van der Waals surface area contributed by atoms with Crippen molar-refractivity contribution in [1.29, 1.82) is 0 Å². The number of amides is 1. The lowest BCUT2D eigenvalue weighted by Gasteiger charge is -2.16. The van der Waals surface area contributed by atoms with Crippen LogP contribution in [0.1, 0.15) is 20.8 Å². The summed E-state index contributed by atoms with van der Waals surface area (Å²) in [5.74, 6) is -1.99. The van der Waals surface area contributed by atoms with Gasteiger partial charge in [-0.2, -0.15) is 0 Å². The number of carbonyl (C=O) groups excluding carboxylic acids is 3. The molecule has 0 aromatic carbocycles. The minimum absolute atomic E-state index is 0.283. The van der Waals surface area contributed by atoms with Crippen LogP contribution in [0.5, 0.6) is 0 Å². The van der Waals surface area contributed by atoms with E-state index in [4.69, 9.17) is 0 Å². The zero-order chi connectivity index (χ0) is 11.4. The Kier molecular flexibility index (Phi) is 4.27. The summed E-state index contributed by atoms with van der Waals surface area (Å²) in [6, 6.07) is 0. The van der Waals surface area contributed by atoms with Gasteiger partial charge in [0.2, 0.25) is 5.91 Å². The molecule has 0 rings (SSSR count). The van der Waals surface area contributed by atoms with Gasteiger partial charge in [0.1, 0.15) is 0 Å². The normalized spacial score (nSPS) is 10.6. The van der Waals surface area contributed by atoms with E-state index < -0.39 is 17.2 Å². The molecule has 5 heteroatoms. The molecule has 0 aliphatic heterocycles. The largest absolute Gasteiger partial charge is 0.463 e. The summed E-state index contributed by atoms with van der Waals surface area (Å²) in [5, 5.41) is 2.35. The molecule has 0 aliphatic carbocycles. The number of rotatable bonds is 3. The van der Waals surface area contributed by atoms with Crippen LogP contribution in [0.25, 0.3) is 0 Å². The van der Waals surface area contributed by atoms with Crippen LogP contribution in [0.15, 0.2) is 0 Å². The highest BCUT2D eigenvalue weighted by atomic mass is 16.5. The maximum absolute atomic E-state index is 11.3. The quantitative estimate of drug-likeness (QED) is 0.511. The second kappa shape index (κ2) is 4.74. The van der Waals surface area contributed by atoms with E-state index in [1.807, 2.05) is 0 Å². The van der Waals surface area contributed by atoms with Gasteiger partial charge in [-0.15, -0.1) is 0 Å². The molecule has 0 atom stereocenters. The molecule has 0 spiro atoms. The van der Waals surface area contributed by atoms with Gasteiger partial charge in [-0.1, -0.05) is 20.8 Å². The van der Waals surface area contributed by atoms with Gasteiger partial charge < -0.3 is 10.1 Å². The second-order valence-electron chi connectivity index (χ2n) is 3.85. The van der Waals surface area contributed by atoms with Crippen LogP contribution >= 0.6 is 0 Å². The highest BCUT2D eigenvalue weighted by molar-refractivity contribution is 6.34. The van der Waals surface area contributed by atoms with Crippen molar-refractivity contribution < 1.29 is 19.1 Å². The highest BCUT2D eigenvalue weighted by Gasteiger charge is 2.23. The molecule has 0 aromatic heterocycles. The van der Waals surface area contributed by atoms with Gasteiger partial charge in [0.25, 0.3) is 5.78 Å². The number of Topliss-reactive ketones (excluding diaryl/α,β-unsaturated/α-hetero) is 1. The number of hydrogen-bond acceptors (Lipinski definition) is 4. The number of nitrogens with one attached hydrogen (secondary N) is 1. The predicted molar refractivity (Wildman–Crippen MR) is 49.5 cm³/mol. The third-order valence-corrected chi connectivity index (χ3v) is 1.50. The Labute approximate surface area is 82.8 Å². The Bertz CT molecular complexity index is 252. The third kappa shape index (κ3) is 4.02. The lowest BCUT2D eigenvalue weighted by atomic mass is 9.96. The maximum atomic E-state index is 11.3. The Hall–Kier alpha value is -1.39. The fourth-order valence-electron chi connectivity index (χ4n) is 0.612. The van der Waals surface area contributed by atoms with E-state index in [2.05, 4.69) is 10.1 Å². The summed E-state index contributed by atoms with van der Waals surface area (Å²) in [6.07, 6.45) is 0. The first-order valence-corrected chi connectivity index (χ1v) is 4.18. The van der Waals surface area contributed by atoms with Crippen molar-refractivity contribution >= 4 is 17.7 Å². The number of methoxy groups -OCH3 is 1. The van der Waals surface area contributed by atoms with E-state index in [0.29, 0.717) is 0 Å². The maximum Gasteiger partial charge on any atom is 0.376 e. The van der Waals surface area contributed by atoms with E-state index in [1.54, 1.807) is 20.8 Å². The van der Waals surface area contributed by atoms with E-state index in [1.165, 1.54) is 0 Å². The van der Waals surface area contributed by atoms with E-state index >= 15 is 0 Å². The minimum Gasteiger partial charge on any atom is -0.463 e. The molecule has 0 heterocycles. The minimum atomic E-state index is -0.945. The van der Waals surface area contributed by atoms with Crippen molar-refractivity contribution in [2.75, 3.05) is 13.7 Å². The van der Waals surface area contributed by atoms with Crippen molar-refractivity contribution in [3.8, 4) is 0 Å². The van der Waals surface area contributed by atoms with Crippen LogP contribution in [0.2, 0.25) is 0 Å². The Morgan fingerprint density at radius 1 is 1.21 bits per heavy atom. The van der Waals surface area contributed by atoms with Gasteiger partial charge in [0, 0.05) is 5.41 Å². The summed E-state index contributed by atoms with van der Waals surface area (Å²) >= 11 is 0. The van der Waals surface area contributed by atoms with Crippen LogP contribution in [0.4, 0.5) is 0 Å². The topological polar surface area (TPSA) is 72.5 Å². The van der Waals surface area contributed by atoms with E-state index in [9.17, 15) is 14.4 Å². The Balaban J connectivity index is 4.03. The number of ketones is 1. The molecule has 14 heavy (non-hydrogen) atoms. The number of hydrogen-bond donors (Lipinski definition) is 1. The van der Waals surface area contributed by atoms with Gasteiger partial charge >= 0.3 is 5.97 Å². The molecule has 0 saturated carbocycles. The lowest BCUT2D eigenvalue weighted by molar-refractivity contribution is -0.151. The molecule has 0 radical (unpaired) electrons. The molecule has 5 nitrogen and oxygen atoms in total. The van der Waals surface area contributed by atoms with Gasteiger partial charge in [0.05, 0.1) is 13.7 Å². The Morgan fingerprint density at radius 3 is 2.07 bits per heavy atom. The fraction of sp³-hybridized carbons (Fsp3) is 0.667. The SMILES string of the molecule is COC(=O)C(=O)CNC(=O)C(C)(C)C. The average Bonchev–Trinajstić information content (AvgIpc) is 2.10. The molecular weight excluding hydrogens is 186 g/mol. The smallest absolute Gasteiger partial charge is 0.376 e. The van der Waals surface area contributed by atoms with Crippen molar-refractivity contribution in [1.82, 2.24) is 5.32 Å². The monoisotopic (exact) mass is 201 g/mol. The summed E-state index contributed by atoms with van der Waals surface area (Å²) in [5.41, 5.74) is -0.573. The molecule has 0 fully saturated rings. The van der Waals surface area contributed by atoms with Crippen LogP contribution in [-0.2, 0) is 19.1 Å². The first-order valence-electron chi connectivity index (χ1n) is 4.18. The number of carbonyl (C=O) groups is 3. The molecule has 80 valence electrons. The van der Waals surface area contributed by atoms with Crippen LogP contribution in [0.3, 0.4) is 0 Å². The predicted octanol–water partition coefficient (Wildman–Crippen LogP) is -0.109. The van der Waals surface area contributed by atoms with Crippen LogP contribution in [-0.4, -0.2) is 31.3 Å². The highest BCUT2D eigenvalue weighted by Crippen LogP contribution is 2.11. The summed E-state index contributed by atoms with van der Waals surface area (Å²) in [6.45, 7) is 4.82. The molecular formula is C9H15NO4. The summed E-state index contributed by atoms with van der Waals surface area (Å²) in [4.78, 5) is 32.8.